The quantitative estimate of drug-likeness (QED) is 0.138. The van der Waals surface area contributed by atoms with Crippen molar-refractivity contribution < 1.29 is 42.8 Å². The number of aldehydes is 1. The van der Waals surface area contributed by atoms with Gasteiger partial charge in [-0.3, -0.25) is 9.59 Å². The van der Waals surface area contributed by atoms with Gasteiger partial charge in [0.15, 0.2) is 5.78 Å². The van der Waals surface area contributed by atoms with Crippen molar-refractivity contribution in [3.63, 3.8) is 0 Å². The lowest BCUT2D eigenvalue weighted by molar-refractivity contribution is -0.127. The Bertz CT molecular complexity index is 425. The first kappa shape index (κ1) is 28.5. The van der Waals surface area contributed by atoms with Crippen LogP contribution in [0.2, 0.25) is 0 Å². The molecule has 0 fully saturated rings. The number of carbonyl (C=O) groups is 3. The van der Waals surface area contributed by atoms with Gasteiger partial charge < -0.3 is 44.3 Å². The Morgan fingerprint density at radius 2 is 1.33 bits per heavy atom. The van der Waals surface area contributed by atoms with Gasteiger partial charge in [-0.05, 0) is 6.42 Å². The van der Waals surface area contributed by atoms with Gasteiger partial charge in [0, 0.05) is 26.1 Å². The molecule has 0 aliphatic heterocycles. The summed E-state index contributed by atoms with van der Waals surface area (Å²) < 4.78 is 31.0. The van der Waals surface area contributed by atoms with E-state index in [0.717, 1.165) is 0 Å². The van der Waals surface area contributed by atoms with Gasteiger partial charge in [0.1, 0.15) is 26.1 Å². The summed E-state index contributed by atoms with van der Waals surface area (Å²) in [4.78, 5) is 33.1. The molecule has 0 aliphatic carbocycles. The fourth-order valence-corrected chi connectivity index (χ4v) is 1.98. The molecule has 0 saturated carbocycles. The van der Waals surface area contributed by atoms with E-state index < -0.39 is 0 Å². The maximum absolute atomic E-state index is 11.6. The van der Waals surface area contributed by atoms with Gasteiger partial charge in [-0.2, -0.15) is 0 Å². The van der Waals surface area contributed by atoms with Gasteiger partial charge in [0.05, 0.1) is 52.9 Å². The van der Waals surface area contributed by atoms with Crippen molar-refractivity contribution in [3.8, 4) is 0 Å². The minimum absolute atomic E-state index is 0.0165. The van der Waals surface area contributed by atoms with Gasteiger partial charge in [-0.15, -0.1) is 0 Å². The van der Waals surface area contributed by atoms with Crippen LogP contribution >= 0.6 is 0 Å². The van der Waals surface area contributed by atoms with Gasteiger partial charge >= 0.3 is 0 Å². The highest BCUT2D eigenvalue weighted by atomic mass is 16.5. The molecule has 0 aromatic carbocycles. The van der Waals surface area contributed by atoms with Gasteiger partial charge in [-0.25, -0.2) is 0 Å². The van der Waals surface area contributed by atoms with Crippen molar-refractivity contribution in [2.24, 2.45) is 5.73 Å². The number of rotatable bonds is 24. The van der Waals surface area contributed by atoms with Crippen LogP contribution in [-0.4, -0.2) is 110 Å². The maximum Gasteiger partial charge on any atom is 0.246 e. The SMILES string of the molecule is NCCOCCOCC(=O)CCCOCCOCC(=O)NCCOCCOCC=O. The average Bonchev–Trinajstić information content (AvgIpc) is 2.74. The van der Waals surface area contributed by atoms with Crippen LogP contribution in [0.5, 0.6) is 0 Å². The number of Topliss-reactive ketones (excluding diaryl/α,β-unsaturated/α-hetero) is 1. The normalized spacial score (nSPS) is 10.8. The first-order valence-corrected chi connectivity index (χ1v) is 10.1. The van der Waals surface area contributed by atoms with Crippen molar-refractivity contribution in [1.29, 1.82) is 0 Å². The van der Waals surface area contributed by atoms with Crippen molar-refractivity contribution in [1.82, 2.24) is 5.32 Å². The molecule has 11 heteroatoms. The van der Waals surface area contributed by atoms with Crippen LogP contribution < -0.4 is 11.1 Å². The Hall–Kier alpha value is -1.47. The Balaban J connectivity index is 3.26. The summed E-state index contributed by atoms with van der Waals surface area (Å²) in [6.07, 6.45) is 1.66. The van der Waals surface area contributed by atoms with Crippen LogP contribution in [0.1, 0.15) is 12.8 Å². The summed E-state index contributed by atoms with van der Waals surface area (Å²) in [6, 6.07) is 0. The summed E-state index contributed by atoms with van der Waals surface area (Å²) in [5.74, 6) is -0.224. The molecule has 0 saturated heterocycles. The molecule has 0 atom stereocenters. The van der Waals surface area contributed by atoms with Crippen LogP contribution in [0.4, 0.5) is 0 Å². The Morgan fingerprint density at radius 3 is 2.03 bits per heavy atom. The molecule has 1 amide bonds. The molecule has 0 aromatic rings. The largest absolute Gasteiger partial charge is 0.379 e. The van der Waals surface area contributed by atoms with Crippen LogP contribution in [0, 0.1) is 0 Å². The molecule has 3 N–H and O–H groups in total. The van der Waals surface area contributed by atoms with E-state index in [2.05, 4.69) is 5.32 Å². The second-order valence-electron chi connectivity index (χ2n) is 5.96. The Morgan fingerprint density at radius 1 is 0.733 bits per heavy atom. The zero-order chi connectivity index (χ0) is 22.1. The van der Waals surface area contributed by atoms with Crippen LogP contribution in [0.15, 0.2) is 0 Å². The molecule has 0 bridgehead atoms. The molecule has 0 spiro atoms. The van der Waals surface area contributed by atoms with E-state index in [1.807, 2.05) is 0 Å². The fourth-order valence-electron chi connectivity index (χ4n) is 1.98. The number of carbonyl (C=O) groups excluding carboxylic acids is 3. The Kier molecular flexibility index (Phi) is 22.6. The van der Waals surface area contributed by atoms with Crippen molar-refractivity contribution in [2.75, 3.05) is 92.4 Å². The highest BCUT2D eigenvalue weighted by molar-refractivity contribution is 5.79. The van der Waals surface area contributed by atoms with Crippen molar-refractivity contribution >= 4 is 18.0 Å². The molecule has 176 valence electrons. The predicted molar refractivity (Wildman–Crippen MR) is 107 cm³/mol. The van der Waals surface area contributed by atoms with Gasteiger partial charge in [0.25, 0.3) is 0 Å². The number of amides is 1. The van der Waals surface area contributed by atoms with Crippen LogP contribution in [-0.2, 0) is 42.8 Å². The molecular formula is C19H36N2O9. The first-order valence-electron chi connectivity index (χ1n) is 10.1. The number of nitrogens with two attached hydrogens (primary N) is 1. The number of hydrogen-bond donors (Lipinski definition) is 2. The summed E-state index contributed by atoms with van der Waals surface area (Å²) in [5, 5.41) is 2.65. The molecule has 11 nitrogen and oxygen atoms in total. The lowest BCUT2D eigenvalue weighted by atomic mass is 10.2. The van der Waals surface area contributed by atoms with E-state index in [9.17, 15) is 14.4 Å². The number of ether oxygens (including phenoxy) is 6. The maximum atomic E-state index is 11.6. The molecule has 0 radical (unpaired) electrons. The van der Waals surface area contributed by atoms with E-state index in [4.69, 9.17) is 34.2 Å². The van der Waals surface area contributed by atoms with E-state index in [-0.39, 0.29) is 38.1 Å². The minimum atomic E-state index is -0.241. The molecule has 0 heterocycles. The summed E-state index contributed by atoms with van der Waals surface area (Å²) in [6.45, 7) is 4.32. The monoisotopic (exact) mass is 436 g/mol. The van der Waals surface area contributed by atoms with Gasteiger partial charge in [-0.1, -0.05) is 0 Å². The summed E-state index contributed by atoms with van der Waals surface area (Å²) in [7, 11) is 0. The standard InChI is InChI=1S/C19H36N2O9/c20-3-7-26-13-14-29-16-18(23)2-1-6-25-12-15-30-17-19(24)21-4-8-27-10-11-28-9-5-22/h5H,1-4,6-17,20H2,(H,21,24). The summed E-state index contributed by atoms with van der Waals surface area (Å²) in [5.41, 5.74) is 5.28. The van der Waals surface area contributed by atoms with E-state index in [0.29, 0.717) is 85.1 Å². The third-order valence-corrected chi connectivity index (χ3v) is 3.37. The fraction of sp³-hybridized carbons (Fsp3) is 0.842. The second-order valence-corrected chi connectivity index (χ2v) is 5.96. The molecule has 0 unspecified atom stereocenters. The average molecular weight is 437 g/mol. The molecule has 0 aromatic heterocycles. The number of nitrogens with one attached hydrogen (secondary N) is 1. The first-order chi connectivity index (χ1) is 14.7. The van der Waals surface area contributed by atoms with Crippen LogP contribution in [0.25, 0.3) is 0 Å². The minimum Gasteiger partial charge on any atom is -0.379 e. The third kappa shape index (κ3) is 22.8. The third-order valence-electron chi connectivity index (χ3n) is 3.37. The molecule has 30 heavy (non-hydrogen) atoms. The number of ketones is 1. The Labute approximate surface area is 177 Å². The number of hydrogen-bond acceptors (Lipinski definition) is 10. The molecule has 0 rings (SSSR count). The second kappa shape index (κ2) is 23.8. The van der Waals surface area contributed by atoms with E-state index in [1.165, 1.54) is 0 Å². The zero-order valence-corrected chi connectivity index (χ0v) is 17.6. The zero-order valence-electron chi connectivity index (χ0n) is 17.6. The summed E-state index contributed by atoms with van der Waals surface area (Å²) >= 11 is 0. The van der Waals surface area contributed by atoms with Crippen LogP contribution in [0.3, 0.4) is 0 Å². The smallest absolute Gasteiger partial charge is 0.246 e. The van der Waals surface area contributed by atoms with Crippen molar-refractivity contribution in [3.05, 3.63) is 0 Å². The lowest BCUT2D eigenvalue weighted by Crippen LogP contribution is -2.31. The highest BCUT2D eigenvalue weighted by Gasteiger charge is 2.03. The highest BCUT2D eigenvalue weighted by Crippen LogP contribution is 1.94. The molecule has 0 aliphatic rings. The topological polar surface area (TPSA) is 145 Å². The van der Waals surface area contributed by atoms with Gasteiger partial charge in [0.2, 0.25) is 5.91 Å². The van der Waals surface area contributed by atoms with E-state index in [1.54, 1.807) is 0 Å². The van der Waals surface area contributed by atoms with E-state index >= 15 is 0 Å². The lowest BCUT2D eigenvalue weighted by Gasteiger charge is -2.08. The van der Waals surface area contributed by atoms with Crippen molar-refractivity contribution in [2.45, 2.75) is 12.8 Å². The molecular weight excluding hydrogens is 400 g/mol. The predicted octanol–water partition coefficient (Wildman–Crippen LogP) is -1.29.